The molecule has 2 saturated heterocycles. The van der Waals surface area contributed by atoms with Crippen LogP contribution in [0.1, 0.15) is 24.8 Å². The van der Waals surface area contributed by atoms with Gasteiger partial charge >= 0.3 is 0 Å². The fourth-order valence-corrected chi connectivity index (χ4v) is 3.32. The van der Waals surface area contributed by atoms with Crippen LogP contribution < -0.4 is 5.32 Å². The van der Waals surface area contributed by atoms with Gasteiger partial charge in [-0.25, -0.2) is 0 Å². The minimum absolute atomic E-state index is 0.219. The summed E-state index contributed by atoms with van der Waals surface area (Å²) in [7, 11) is 0. The summed E-state index contributed by atoms with van der Waals surface area (Å²) < 4.78 is 0. The molecule has 2 fully saturated rings. The molecular weight excluding hydrogens is 260 g/mol. The van der Waals surface area contributed by atoms with E-state index in [1.807, 2.05) is 29.2 Å². The largest absolute Gasteiger partial charge is 0.341 e. The number of hydrogen-bond donors (Lipinski definition) is 1. The smallest absolute Gasteiger partial charge is 0.227 e. The fraction of sp³-hybridized carbons (Fsp3) is 0.533. The molecule has 102 valence electrons. The van der Waals surface area contributed by atoms with E-state index in [1.54, 1.807) is 0 Å². The van der Waals surface area contributed by atoms with Crippen LogP contribution in [0.3, 0.4) is 0 Å². The van der Waals surface area contributed by atoms with Crippen LogP contribution >= 0.6 is 11.6 Å². The van der Waals surface area contributed by atoms with E-state index in [-0.39, 0.29) is 5.91 Å². The maximum atomic E-state index is 12.4. The molecule has 0 aromatic heterocycles. The number of nitrogens with one attached hydrogen (secondary N) is 1. The zero-order valence-electron chi connectivity index (χ0n) is 10.9. The molecule has 1 N–H and O–H groups in total. The maximum absolute atomic E-state index is 12.4. The standard InChI is InChI=1S/C15H19ClN2O/c16-12-3-1-2-11(8-12)9-15(19)18-7-6-13-4-5-14(10-18)17-13/h1-3,8,13-14,17H,4-7,9-10H2. The van der Waals surface area contributed by atoms with Crippen molar-refractivity contribution in [3.8, 4) is 0 Å². The van der Waals surface area contributed by atoms with E-state index in [0.717, 1.165) is 25.1 Å². The Kier molecular flexibility index (Phi) is 3.76. The van der Waals surface area contributed by atoms with Gasteiger partial charge in [0.05, 0.1) is 6.42 Å². The second-order valence-electron chi connectivity index (χ2n) is 5.57. The van der Waals surface area contributed by atoms with Gasteiger partial charge in [0.15, 0.2) is 0 Å². The zero-order chi connectivity index (χ0) is 13.2. The van der Waals surface area contributed by atoms with Crippen LogP contribution in [-0.2, 0) is 11.2 Å². The van der Waals surface area contributed by atoms with E-state index < -0.39 is 0 Å². The highest BCUT2D eigenvalue weighted by atomic mass is 35.5. The fourth-order valence-electron chi connectivity index (χ4n) is 3.10. The van der Waals surface area contributed by atoms with Crippen LogP contribution in [0.25, 0.3) is 0 Å². The van der Waals surface area contributed by atoms with Crippen LogP contribution in [0.2, 0.25) is 5.02 Å². The summed E-state index contributed by atoms with van der Waals surface area (Å²) >= 11 is 5.96. The van der Waals surface area contributed by atoms with Crippen molar-refractivity contribution in [3.63, 3.8) is 0 Å². The van der Waals surface area contributed by atoms with Crippen LogP contribution in [-0.4, -0.2) is 36.0 Å². The third-order valence-corrected chi connectivity index (χ3v) is 4.36. The maximum Gasteiger partial charge on any atom is 0.227 e. The van der Waals surface area contributed by atoms with Crippen molar-refractivity contribution in [3.05, 3.63) is 34.9 Å². The third kappa shape index (κ3) is 3.10. The molecule has 2 aliphatic heterocycles. The first kappa shape index (κ1) is 12.9. The first-order valence-corrected chi connectivity index (χ1v) is 7.37. The SMILES string of the molecule is O=C(Cc1cccc(Cl)c1)N1CCC2CCC(C1)N2. The number of carbonyl (C=O) groups excluding carboxylic acids is 1. The predicted octanol–water partition coefficient (Wildman–Crippen LogP) is 2.24. The molecule has 3 nitrogen and oxygen atoms in total. The number of halogens is 1. The molecule has 0 spiro atoms. The highest BCUT2D eigenvalue weighted by Crippen LogP contribution is 2.21. The molecule has 2 bridgehead atoms. The number of rotatable bonds is 2. The highest BCUT2D eigenvalue weighted by Gasteiger charge is 2.30. The lowest BCUT2D eigenvalue weighted by molar-refractivity contribution is -0.130. The number of benzene rings is 1. The van der Waals surface area contributed by atoms with Crippen LogP contribution in [0, 0.1) is 0 Å². The van der Waals surface area contributed by atoms with Crippen molar-refractivity contribution in [2.24, 2.45) is 0 Å². The summed E-state index contributed by atoms with van der Waals surface area (Å²) in [5.41, 5.74) is 1.000. The summed E-state index contributed by atoms with van der Waals surface area (Å²) in [4.78, 5) is 14.4. The lowest BCUT2D eigenvalue weighted by atomic mass is 10.1. The van der Waals surface area contributed by atoms with E-state index in [9.17, 15) is 4.79 Å². The molecule has 0 saturated carbocycles. The van der Waals surface area contributed by atoms with Gasteiger partial charge in [-0.3, -0.25) is 4.79 Å². The van der Waals surface area contributed by atoms with Crippen molar-refractivity contribution >= 4 is 17.5 Å². The highest BCUT2D eigenvalue weighted by molar-refractivity contribution is 6.30. The van der Waals surface area contributed by atoms with Crippen molar-refractivity contribution in [1.29, 1.82) is 0 Å². The molecule has 2 heterocycles. The Balaban J connectivity index is 1.64. The van der Waals surface area contributed by atoms with Gasteiger partial charge in [-0.15, -0.1) is 0 Å². The summed E-state index contributed by atoms with van der Waals surface area (Å²) in [6.45, 7) is 1.74. The lowest BCUT2D eigenvalue weighted by Crippen LogP contribution is -2.39. The van der Waals surface area contributed by atoms with Crippen molar-refractivity contribution in [2.45, 2.75) is 37.8 Å². The number of hydrogen-bond acceptors (Lipinski definition) is 2. The van der Waals surface area contributed by atoms with Gasteiger partial charge in [0.1, 0.15) is 0 Å². The number of fused-ring (bicyclic) bond motifs is 2. The molecular formula is C15H19ClN2O. The lowest BCUT2D eigenvalue weighted by Gasteiger charge is -2.24. The van der Waals surface area contributed by atoms with E-state index >= 15 is 0 Å². The Hall–Kier alpha value is -1.06. The van der Waals surface area contributed by atoms with Crippen LogP contribution in [0.4, 0.5) is 0 Å². The van der Waals surface area contributed by atoms with Gasteiger partial charge < -0.3 is 10.2 Å². The molecule has 0 radical (unpaired) electrons. The van der Waals surface area contributed by atoms with Crippen molar-refractivity contribution < 1.29 is 4.79 Å². The molecule has 4 heteroatoms. The molecule has 1 aromatic carbocycles. The van der Waals surface area contributed by atoms with E-state index in [2.05, 4.69) is 5.32 Å². The Bertz CT molecular complexity index is 477. The zero-order valence-corrected chi connectivity index (χ0v) is 11.7. The molecule has 3 rings (SSSR count). The summed E-state index contributed by atoms with van der Waals surface area (Å²) in [6, 6.07) is 8.69. The predicted molar refractivity (Wildman–Crippen MR) is 76.3 cm³/mol. The van der Waals surface area contributed by atoms with Gasteiger partial charge in [0, 0.05) is 30.2 Å². The summed E-state index contributed by atoms with van der Waals surface area (Å²) in [5, 5.41) is 4.29. The average molecular weight is 279 g/mol. The number of likely N-dealkylation sites (tertiary alicyclic amines) is 1. The monoisotopic (exact) mass is 278 g/mol. The molecule has 1 amide bonds. The summed E-state index contributed by atoms with van der Waals surface area (Å²) in [6.07, 6.45) is 4.00. The molecule has 0 aliphatic carbocycles. The van der Waals surface area contributed by atoms with Crippen molar-refractivity contribution in [2.75, 3.05) is 13.1 Å². The van der Waals surface area contributed by atoms with Gasteiger partial charge in [0.2, 0.25) is 5.91 Å². The number of amides is 1. The minimum Gasteiger partial charge on any atom is -0.341 e. The van der Waals surface area contributed by atoms with Crippen LogP contribution in [0.5, 0.6) is 0 Å². The molecule has 2 atom stereocenters. The summed E-state index contributed by atoms with van der Waals surface area (Å²) in [5.74, 6) is 0.219. The Morgan fingerprint density at radius 1 is 1.32 bits per heavy atom. The van der Waals surface area contributed by atoms with Gasteiger partial charge in [-0.05, 0) is 37.0 Å². The second kappa shape index (κ2) is 5.51. The third-order valence-electron chi connectivity index (χ3n) is 4.12. The van der Waals surface area contributed by atoms with E-state index in [4.69, 9.17) is 11.6 Å². The van der Waals surface area contributed by atoms with E-state index in [1.165, 1.54) is 12.8 Å². The Morgan fingerprint density at radius 2 is 2.16 bits per heavy atom. The second-order valence-corrected chi connectivity index (χ2v) is 6.01. The van der Waals surface area contributed by atoms with Gasteiger partial charge in [0.25, 0.3) is 0 Å². The Labute approximate surface area is 118 Å². The first-order valence-electron chi connectivity index (χ1n) is 6.99. The normalized spacial score (nSPS) is 26.3. The van der Waals surface area contributed by atoms with Crippen LogP contribution in [0.15, 0.2) is 24.3 Å². The Morgan fingerprint density at radius 3 is 3.00 bits per heavy atom. The average Bonchev–Trinajstić information content (AvgIpc) is 2.68. The quantitative estimate of drug-likeness (QED) is 0.900. The first-order chi connectivity index (χ1) is 9.20. The van der Waals surface area contributed by atoms with E-state index in [0.29, 0.717) is 23.5 Å². The molecule has 19 heavy (non-hydrogen) atoms. The number of nitrogens with zero attached hydrogens (tertiary/aromatic N) is 1. The topological polar surface area (TPSA) is 32.3 Å². The molecule has 2 unspecified atom stereocenters. The van der Waals surface area contributed by atoms with Gasteiger partial charge in [-0.1, -0.05) is 23.7 Å². The minimum atomic E-state index is 0.219. The molecule has 2 aliphatic rings. The number of carbonyl (C=O) groups is 1. The molecule has 1 aromatic rings. The van der Waals surface area contributed by atoms with Gasteiger partial charge in [-0.2, -0.15) is 0 Å². The van der Waals surface area contributed by atoms with Crippen molar-refractivity contribution in [1.82, 2.24) is 10.2 Å².